The fourth-order valence-electron chi connectivity index (χ4n) is 12.2. The molecule has 0 aliphatic carbocycles. The third kappa shape index (κ3) is 72.4. The van der Waals surface area contributed by atoms with Gasteiger partial charge in [0.05, 0.1) is 26.4 Å². The van der Waals surface area contributed by atoms with E-state index in [2.05, 4.69) is 34.6 Å². The number of unbranched alkanes of at least 4 members (excludes halogenated alkanes) is 51. The summed E-state index contributed by atoms with van der Waals surface area (Å²) < 4.78 is 68.7. The molecule has 0 aromatic carbocycles. The van der Waals surface area contributed by atoms with Gasteiger partial charge in [-0.05, 0) is 31.6 Å². The van der Waals surface area contributed by atoms with E-state index in [1.807, 2.05) is 0 Å². The second kappa shape index (κ2) is 72.0. The van der Waals surface area contributed by atoms with Crippen molar-refractivity contribution in [2.24, 2.45) is 5.92 Å². The summed E-state index contributed by atoms with van der Waals surface area (Å²) in [6.45, 7) is 7.34. The SMILES string of the molecule is CCCCCCCCCCCCCCCCCCCC(=O)O[C@H](COC(=O)CCCCCCCCCCCCCCC(C)C)COP(=O)(O)OC[C@@H](O)COP(=O)(O)OC[C@@H](COC(=O)CCCCCCCCCCCCCC)OC(=O)CCCCCCCCCCCCCCCC. The Labute approximate surface area is 600 Å². The van der Waals surface area contributed by atoms with Crippen LogP contribution in [-0.4, -0.2) is 96.7 Å². The van der Waals surface area contributed by atoms with Crippen LogP contribution >= 0.6 is 15.6 Å². The van der Waals surface area contributed by atoms with E-state index in [1.54, 1.807) is 0 Å². The molecule has 17 nitrogen and oxygen atoms in total. The smallest absolute Gasteiger partial charge is 0.462 e. The standard InChI is InChI=1S/C79H154O17P2/c1-6-9-12-15-18-21-24-27-29-30-31-33-40-45-50-55-60-65-79(84)96-75(69-90-77(82)63-58-53-48-43-38-35-34-36-41-46-51-56-61-72(4)5)71-94-98(87,88)92-67-73(80)66-91-97(85,86)93-70-74(68-89-76(81)62-57-52-47-42-37-26-23-20-17-14-11-8-3)95-78(83)64-59-54-49-44-39-32-28-25-22-19-16-13-10-7-2/h72-75,80H,6-71H2,1-5H3,(H,85,86)(H,87,88)/t73-,74+,75+/m0/s1. The zero-order valence-electron chi connectivity index (χ0n) is 63.9. The number of carbonyl (C=O) groups excluding carboxylic acids is 4. The Morgan fingerprint density at radius 2 is 0.469 bits per heavy atom. The maximum Gasteiger partial charge on any atom is 0.472 e. The van der Waals surface area contributed by atoms with Crippen LogP contribution in [0.5, 0.6) is 0 Å². The van der Waals surface area contributed by atoms with Crippen molar-refractivity contribution in [1.29, 1.82) is 0 Å². The van der Waals surface area contributed by atoms with Gasteiger partial charge in [-0.2, -0.15) is 0 Å². The Kier molecular flexibility index (Phi) is 70.6. The Balaban J connectivity index is 5.26. The van der Waals surface area contributed by atoms with Crippen LogP contribution < -0.4 is 0 Å². The molecule has 0 rings (SSSR count). The molecular weight excluding hydrogens is 1280 g/mol. The zero-order valence-corrected chi connectivity index (χ0v) is 65.7. The van der Waals surface area contributed by atoms with Crippen LogP contribution in [0.25, 0.3) is 0 Å². The highest BCUT2D eigenvalue weighted by atomic mass is 31.2. The van der Waals surface area contributed by atoms with Gasteiger partial charge in [-0.15, -0.1) is 0 Å². The molecule has 0 aliphatic heterocycles. The number of aliphatic hydroxyl groups is 1. The normalized spacial score (nSPS) is 13.9. The number of phosphoric ester groups is 2. The van der Waals surface area contributed by atoms with E-state index in [0.717, 1.165) is 95.8 Å². The van der Waals surface area contributed by atoms with Gasteiger partial charge in [-0.1, -0.05) is 369 Å². The molecule has 2 unspecified atom stereocenters. The molecule has 0 heterocycles. The van der Waals surface area contributed by atoms with Gasteiger partial charge in [0.15, 0.2) is 12.2 Å². The molecule has 0 radical (unpaired) electrons. The first-order valence-electron chi connectivity index (χ1n) is 41.1. The summed E-state index contributed by atoms with van der Waals surface area (Å²) in [6, 6.07) is 0. The largest absolute Gasteiger partial charge is 0.472 e. The highest BCUT2D eigenvalue weighted by Crippen LogP contribution is 2.45. The van der Waals surface area contributed by atoms with Gasteiger partial charge in [-0.3, -0.25) is 37.3 Å². The minimum Gasteiger partial charge on any atom is -0.462 e. The van der Waals surface area contributed by atoms with Gasteiger partial charge < -0.3 is 33.8 Å². The second-order valence-corrected chi connectivity index (χ2v) is 31.8. The minimum absolute atomic E-state index is 0.109. The topological polar surface area (TPSA) is 237 Å². The quantitative estimate of drug-likeness (QED) is 0.0222. The van der Waals surface area contributed by atoms with Crippen LogP contribution in [0.3, 0.4) is 0 Å². The molecule has 0 aromatic rings. The van der Waals surface area contributed by atoms with Gasteiger partial charge in [0.25, 0.3) is 0 Å². The van der Waals surface area contributed by atoms with Crippen molar-refractivity contribution < 1.29 is 80.2 Å². The van der Waals surface area contributed by atoms with E-state index in [-0.39, 0.29) is 25.7 Å². The van der Waals surface area contributed by atoms with E-state index in [9.17, 15) is 43.2 Å². The molecule has 0 aromatic heterocycles. The number of hydrogen-bond donors (Lipinski definition) is 3. The summed E-state index contributed by atoms with van der Waals surface area (Å²) in [6.07, 6.45) is 62.2. The van der Waals surface area contributed by atoms with Crippen molar-refractivity contribution >= 4 is 39.5 Å². The lowest BCUT2D eigenvalue weighted by atomic mass is 10.0. The molecule has 0 bridgehead atoms. The summed E-state index contributed by atoms with van der Waals surface area (Å²) in [5.74, 6) is -1.32. The van der Waals surface area contributed by atoms with E-state index in [1.165, 1.54) is 244 Å². The Bertz CT molecular complexity index is 1870. The highest BCUT2D eigenvalue weighted by molar-refractivity contribution is 7.47. The van der Waals surface area contributed by atoms with Crippen LogP contribution in [0.2, 0.25) is 0 Å². The van der Waals surface area contributed by atoms with Crippen LogP contribution in [0.1, 0.15) is 420 Å². The predicted molar refractivity (Wildman–Crippen MR) is 400 cm³/mol. The molecule has 98 heavy (non-hydrogen) atoms. The zero-order chi connectivity index (χ0) is 71.9. The molecular formula is C79H154O17P2. The number of ether oxygens (including phenoxy) is 4. The summed E-state index contributed by atoms with van der Waals surface area (Å²) in [4.78, 5) is 73.0. The second-order valence-electron chi connectivity index (χ2n) is 28.9. The highest BCUT2D eigenvalue weighted by Gasteiger charge is 2.30. The summed E-state index contributed by atoms with van der Waals surface area (Å²) in [5, 5.41) is 10.6. The Morgan fingerprint density at radius 3 is 0.694 bits per heavy atom. The lowest BCUT2D eigenvalue weighted by molar-refractivity contribution is -0.161. The van der Waals surface area contributed by atoms with Crippen molar-refractivity contribution in [3.05, 3.63) is 0 Å². The molecule has 0 spiro atoms. The lowest BCUT2D eigenvalue weighted by Crippen LogP contribution is -2.30. The molecule has 19 heteroatoms. The van der Waals surface area contributed by atoms with E-state index >= 15 is 0 Å². The maximum atomic E-state index is 13.1. The Hall–Kier alpha value is -1.94. The van der Waals surface area contributed by atoms with Crippen molar-refractivity contribution in [1.82, 2.24) is 0 Å². The van der Waals surface area contributed by atoms with Crippen LogP contribution in [0.15, 0.2) is 0 Å². The van der Waals surface area contributed by atoms with Gasteiger partial charge >= 0.3 is 39.5 Å². The molecule has 0 saturated heterocycles. The Morgan fingerprint density at radius 1 is 0.276 bits per heavy atom. The monoisotopic (exact) mass is 1440 g/mol. The minimum atomic E-state index is -4.96. The number of aliphatic hydroxyl groups excluding tert-OH is 1. The molecule has 0 aliphatic rings. The summed E-state index contributed by atoms with van der Waals surface area (Å²) in [7, 11) is -9.92. The average molecular weight is 1440 g/mol. The lowest BCUT2D eigenvalue weighted by Gasteiger charge is -2.21. The number of esters is 4. The third-order valence-electron chi connectivity index (χ3n) is 18.5. The van der Waals surface area contributed by atoms with E-state index < -0.39 is 97.5 Å². The van der Waals surface area contributed by atoms with Gasteiger partial charge in [0.1, 0.15) is 19.3 Å². The predicted octanol–water partition coefficient (Wildman–Crippen LogP) is 23.6. The maximum absolute atomic E-state index is 13.1. The molecule has 3 N–H and O–H groups in total. The fourth-order valence-corrected chi connectivity index (χ4v) is 13.8. The first-order chi connectivity index (χ1) is 47.5. The van der Waals surface area contributed by atoms with Gasteiger partial charge in [-0.25, -0.2) is 9.13 Å². The van der Waals surface area contributed by atoms with Crippen molar-refractivity contribution in [3.63, 3.8) is 0 Å². The summed E-state index contributed by atoms with van der Waals surface area (Å²) in [5.41, 5.74) is 0. The molecule has 0 amide bonds. The van der Waals surface area contributed by atoms with Crippen molar-refractivity contribution in [2.45, 2.75) is 438 Å². The molecule has 582 valence electrons. The number of hydrogen-bond acceptors (Lipinski definition) is 15. The molecule has 5 atom stereocenters. The first-order valence-corrected chi connectivity index (χ1v) is 44.1. The van der Waals surface area contributed by atoms with Crippen LogP contribution in [0, 0.1) is 5.92 Å². The van der Waals surface area contributed by atoms with Crippen molar-refractivity contribution in [3.8, 4) is 0 Å². The number of rotatable bonds is 79. The third-order valence-corrected chi connectivity index (χ3v) is 20.4. The number of phosphoric acid groups is 2. The molecule has 0 saturated carbocycles. The molecule has 0 fully saturated rings. The van der Waals surface area contributed by atoms with Crippen LogP contribution in [-0.2, 0) is 65.4 Å². The fraction of sp³-hybridized carbons (Fsp3) is 0.949. The first kappa shape index (κ1) is 96.1. The number of carbonyl (C=O) groups is 4. The van der Waals surface area contributed by atoms with E-state index in [4.69, 9.17) is 37.0 Å². The van der Waals surface area contributed by atoms with Crippen LogP contribution in [0.4, 0.5) is 0 Å². The average Bonchev–Trinajstić information content (AvgIpc) is 1.17. The summed E-state index contributed by atoms with van der Waals surface area (Å²) >= 11 is 0. The van der Waals surface area contributed by atoms with E-state index in [0.29, 0.717) is 25.7 Å². The van der Waals surface area contributed by atoms with Crippen molar-refractivity contribution in [2.75, 3.05) is 39.6 Å². The van der Waals surface area contributed by atoms with Gasteiger partial charge in [0.2, 0.25) is 0 Å². The van der Waals surface area contributed by atoms with Gasteiger partial charge in [0, 0.05) is 25.7 Å².